The van der Waals surface area contributed by atoms with Gasteiger partial charge in [-0.15, -0.1) is 0 Å². The highest BCUT2D eigenvalue weighted by Gasteiger charge is 2.43. The number of benzene rings is 1. The number of hydrogen-bond donors (Lipinski definition) is 0. The van der Waals surface area contributed by atoms with E-state index in [0.717, 1.165) is 24.1 Å². The summed E-state index contributed by atoms with van der Waals surface area (Å²) < 4.78 is 21.9. The molecule has 0 aliphatic carbocycles. The Kier molecular flexibility index (Phi) is 5.27. The van der Waals surface area contributed by atoms with Crippen LogP contribution >= 0.6 is 0 Å². The van der Waals surface area contributed by atoms with Gasteiger partial charge < -0.3 is 9.64 Å². The molecule has 2 aliphatic heterocycles. The van der Waals surface area contributed by atoms with Gasteiger partial charge in [-0.2, -0.15) is 4.40 Å². The number of ether oxygens (including phenoxy) is 1. The summed E-state index contributed by atoms with van der Waals surface area (Å²) >= 11 is 0. The molecule has 0 aromatic heterocycles. The van der Waals surface area contributed by atoms with Crippen LogP contribution in [-0.4, -0.2) is 37.7 Å². The lowest BCUT2D eigenvalue weighted by atomic mass is 10.0. The normalized spacial score (nSPS) is 25.9. The third-order valence-corrected chi connectivity index (χ3v) is 6.19. The van der Waals surface area contributed by atoms with Crippen molar-refractivity contribution in [3.8, 4) is 0 Å². The van der Waals surface area contributed by atoms with Crippen molar-refractivity contribution in [2.45, 2.75) is 69.9 Å². The number of hydrogen-bond acceptors (Lipinski definition) is 3. The molecular formula is C19H26N2O3S. The highest BCUT2D eigenvalue weighted by molar-refractivity contribution is 7.85. The van der Waals surface area contributed by atoms with Crippen molar-refractivity contribution in [2.75, 3.05) is 0 Å². The fourth-order valence-electron chi connectivity index (χ4n) is 3.41. The quantitative estimate of drug-likeness (QED) is 0.820. The Bertz CT molecular complexity index is 666. The van der Waals surface area contributed by atoms with Gasteiger partial charge in [0.05, 0.1) is 4.75 Å². The van der Waals surface area contributed by atoms with Gasteiger partial charge in [0.25, 0.3) is 0 Å². The topological polar surface area (TPSA) is 59.0 Å². The van der Waals surface area contributed by atoms with E-state index in [2.05, 4.69) is 4.40 Å². The summed E-state index contributed by atoms with van der Waals surface area (Å²) in [5.41, 5.74) is 1.97. The maximum Gasteiger partial charge on any atom is 0.410 e. The lowest BCUT2D eigenvalue weighted by Gasteiger charge is -2.34. The summed E-state index contributed by atoms with van der Waals surface area (Å²) in [4.78, 5) is 14.4. The molecule has 0 saturated carbocycles. The van der Waals surface area contributed by atoms with E-state index in [1.54, 1.807) is 0 Å². The average molecular weight is 362 g/mol. The second kappa shape index (κ2) is 7.28. The van der Waals surface area contributed by atoms with Crippen molar-refractivity contribution in [3.05, 3.63) is 35.9 Å². The molecule has 0 N–H and O–H groups in total. The molecule has 1 unspecified atom stereocenters. The maximum absolute atomic E-state index is 12.5. The minimum Gasteiger partial charge on any atom is -0.445 e. The Morgan fingerprint density at radius 3 is 2.36 bits per heavy atom. The van der Waals surface area contributed by atoms with Crippen LogP contribution in [0.2, 0.25) is 0 Å². The third-order valence-electron chi connectivity index (χ3n) is 4.71. The standard InChI is InChI=1S/C19H26N2O3S/c1-19(2,3)25(23)20-15-11-16-9-10-17(12-15)21(16)18(22)24-13-14-7-5-4-6-8-14/h4-8,16-17H,9-13H2,1-3H3/t16-,17+,25?. The van der Waals surface area contributed by atoms with Crippen LogP contribution in [-0.2, 0) is 22.3 Å². The highest BCUT2D eigenvalue weighted by atomic mass is 32.2. The molecule has 5 nitrogen and oxygen atoms in total. The summed E-state index contributed by atoms with van der Waals surface area (Å²) in [6.07, 6.45) is 3.10. The van der Waals surface area contributed by atoms with Crippen LogP contribution < -0.4 is 0 Å². The summed E-state index contributed by atoms with van der Waals surface area (Å²) in [7, 11) is -1.23. The van der Waals surface area contributed by atoms with Gasteiger partial charge >= 0.3 is 6.09 Å². The first-order valence-electron chi connectivity index (χ1n) is 8.82. The fraction of sp³-hybridized carbons (Fsp3) is 0.579. The van der Waals surface area contributed by atoms with Gasteiger partial charge in [0, 0.05) is 30.6 Å². The third kappa shape index (κ3) is 4.29. The first-order valence-corrected chi connectivity index (χ1v) is 9.92. The molecule has 1 aromatic carbocycles. The van der Waals surface area contributed by atoms with Gasteiger partial charge in [-0.05, 0) is 39.2 Å². The minimum absolute atomic E-state index is 0.123. The van der Waals surface area contributed by atoms with E-state index in [1.807, 2.05) is 56.0 Å². The van der Waals surface area contributed by atoms with E-state index in [0.29, 0.717) is 19.4 Å². The SMILES string of the molecule is CC(C)(C)S(=O)N=C1C[C@H]2CC[C@@H](C1)N2C(=O)OCc1ccccc1. The molecular weight excluding hydrogens is 336 g/mol. The zero-order valence-corrected chi connectivity index (χ0v) is 15.9. The first kappa shape index (κ1) is 18.1. The van der Waals surface area contributed by atoms with E-state index in [9.17, 15) is 9.00 Å². The van der Waals surface area contributed by atoms with Crippen LogP contribution in [0.3, 0.4) is 0 Å². The van der Waals surface area contributed by atoms with Gasteiger partial charge in [0.1, 0.15) is 17.6 Å². The second-order valence-electron chi connectivity index (χ2n) is 7.76. The van der Waals surface area contributed by atoms with E-state index >= 15 is 0 Å². The van der Waals surface area contributed by atoms with Crippen molar-refractivity contribution >= 4 is 22.8 Å². The number of carbonyl (C=O) groups excluding carboxylic acids is 1. The Hall–Kier alpha value is -1.69. The van der Waals surface area contributed by atoms with Gasteiger partial charge in [-0.1, -0.05) is 30.3 Å². The van der Waals surface area contributed by atoms with Crippen LogP contribution in [0.25, 0.3) is 0 Å². The van der Waals surface area contributed by atoms with Gasteiger partial charge in [-0.3, -0.25) is 0 Å². The molecule has 0 radical (unpaired) electrons. The highest BCUT2D eigenvalue weighted by Crippen LogP contribution is 2.35. The zero-order valence-electron chi connectivity index (χ0n) is 15.1. The van der Waals surface area contributed by atoms with E-state index in [-0.39, 0.29) is 22.9 Å². The number of rotatable bonds is 3. The first-order chi connectivity index (χ1) is 11.8. The van der Waals surface area contributed by atoms with E-state index in [4.69, 9.17) is 4.74 Å². The monoisotopic (exact) mass is 362 g/mol. The van der Waals surface area contributed by atoms with Crippen molar-refractivity contribution in [3.63, 3.8) is 0 Å². The fourth-order valence-corrected chi connectivity index (χ4v) is 4.07. The molecule has 2 bridgehead atoms. The number of nitrogens with zero attached hydrogens (tertiary/aromatic N) is 2. The van der Waals surface area contributed by atoms with Gasteiger partial charge in [0.2, 0.25) is 0 Å². The maximum atomic E-state index is 12.5. The van der Waals surface area contributed by atoms with Crippen molar-refractivity contribution in [1.29, 1.82) is 0 Å². The molecule has 136 valence electrons. The number of piperidine rings is 1. The molecule has 2 saturated heterocycles. The van der Waals surface area contributed by atoms with Crippen LogP contribution in [0, 0.1) is 0 Å². The molecule has 2 aliphatic rings. The van der Waals surface area contributed by atoms with Crippen molar-refractivity contribution in [2.24, 2.45) is 4.40 Å². The summed E-state index contributed by atoms with van der Waals surface area (Å²) in [6.45, 7) is 6.08. The van der Waals surface area contributed by atoms with Crippen molar-refractivity contribution < 1.29 is 13.7 Å². The van der Waals surface area contributed by atoms with Crippen LogP contribution in [0.15, 0.2) is 34.7 Å². The van der Waals surface area contributed by atoms with E-state index in [1.165, 1.54) is 0 Å². The largest absolute Gasteiger partial charge is 0.445 e. The number of amides is 1. The number of fused-ring (bicyclic) bond motifs is 2. The van der Waals surface area contributed by atoms with Crippen LogP contribution in [0.4, 0.5) is 4.79 Å². The van der Waals surface area contributed by atoms with Gasteiger partial charge in [-0.25, -0.2) is 9.00 Å². The second-order valence-corrected chi connectivity index (χ2v) is 9.67. The number of carbonyl (C=O) groups is 1. The van der Waals surface area contributed by atoms with Crippen molar-refractivity contribution in [1.82, 2.24) is 4.90 Å². The minimum atomic E-state index is -1.23. The smallest absolute Gasteiger partial charge is 0.410 e. The predicted octanol–water partition coefficient (Wildman–Crippen LogP) is 3.85. The molecule has 25 heavy (non-hydrogen) atoms. The summed E-state index contributed by atoms with van der Waals surface area (Å²) in [6, 6.07) is 9.96. The lowest BCUT2D eigenvalue weighted by Crippen LogP contribution is -2.47. The lowest BCUT2D eigenvalue weighted by molar-refractivity contribution is 0.0766. The van der Waals surface area contributed by atoms with Gasteiger partial charge in [0.15, 0.2) is 0 Å². The molecule has 3 atom stereocenters. The molecule has 6 heteroatoms. The van der Waals surface area contributed by atoms with Crippen LogP contribution in [0.1, 0.15) is 52.0 Å². The Morgan fingerprint density at radius 1 is 1.20 bits per heavy atom. The molecule has 2 heterocycles. The molecule has 2 fully saturated rings. The molecule has 0 spiro atoms. The zero-order chi connectivity index (χ0) is 18.0. The molecule has 1 aromatic rings. The summed E-state index contributed by atoms with van der Waals surface area (Å²) in [5, 5.41) is 0. The average Bonchev–Trinajstić information content (AvgIpc) is 2.84. The predicted molar refractivity (Wildman–Crippen MR) is 99.8 cm³/mol. The Labute approximate surface area is 152 Å². The molecule has 3 rings (SSSR count). The van der Waals surface area contributed by atoms with E-state index < -0.39 is 11.0 Å². The van der Waals surface area contributed by atoms with Crippen LogP contribution in [0.5, 0.6) is 0 Å². The Morgan fingerprint density at radius 2 is 1.80 bits per heavy atom. The molecule has 1 amide bonds. The summed E-state index contributed by atoms with van der Waals surface area (Å²) in [5.74, 6) is 0. The Balaban J connectivity index is 1.62.